The molecule has 3 aliphatic heterocycles. The van der Waals surface area contributed by atoms with Gasteiger partial charge in [-0.15, -0.1) is 0 Å². The van der Waals surface area contributed by atoms with Gasteiger partial charge in [-0.05, 0) is 0 Å². The van der Waals surface area contributed by atoms with Gasteiger partial charge in [0.15, 0.2) is 17.2 Å². The van der Waals surface area contributed by atoms with Crippen LogP contribution in [-0.2, 0) is 4.74 Å². The van der Waals surface area contributed by atoms with Gasteiger partial charge in [-0.2, -0.15) is 14.5 Å². The third-order valence-corrected chi connectivity index (χ3v) is 4.17. The molecule has 116 valence electrons. The zero-order chi connectivity index (χ0) is 15.5. The molecule has 0 aliphatic carbocycles. The van der Waals surface area contributed by atoms with Crippen molar-refractivity contribution in [1.82, 2.24) is 14.5 Å². The van der Waals surface area contributed by atoms with E-state index < -0.39 is 24.3 Å². The zero-order valence-corrected chi connectivity index (χ0v) is 11.5. The summed E-state index contributed by atoms with van der Waals surface area (Å²) in [6.45, 7) is 0. The van der Waals surface area contributed by atoms with Crippen LogP contribution in [0.15, 0.2) is 23.7 Å². The minimum Gasteiger partial charge on any atom is -0.376 e. The van der Waals surface area contributed by atoms with Crippen LogP contribution >= 0.6 is 0 Å². The largest absolute Gasteiger partial charge is 0.376 e. The summed E-state index contributed by atoms with van der Waals surface area (Å²) in [5.74, 6) is 1.20. The summed E-state index contributed by atoms with van der Waals surface area (Å²) in [5.41, 5.74) is 10.1. The Morgan fingerprint density at radius 1 is 1.50 bits per heavy atom. The highest BCUT2D eigenvalue weighted by Gasteiger charge is 2.58. The highest BCUT2D eigenvalue weighted by atomic mass is 16.6. The van der Waals surface area contributed by atoms with E-state index in [4.69, 9.17) is 16.2 Å². The average Bonchev–Trinajstić information content (AvgIpc) is 2.94. The molecular weight excluding hydrogens is 290 g/mol. The summed E-state index contributed by atoms with van der Waals surface area (Å²) in [7, 11) is 0. The van der Waals surface area contributed by atoms with Crippen LogP contribution in [0.3, 0.4) is 0 Å². The number of aromatic nitrogens is 2. The standard InChI is InChI=1S/C12H16N7O3/c13-9(20)8-12(14,21)3-6(22-8)19-2-1-15-10-7(18-5-19)11(19)17-4-16-10/h1-2,4-6,8-9,20-21H,3,13-14H2,(H,15,16,17)/q+1/t6-,8-,9?,12+,19?/m1/s1. The van der Waals surface area contributed by atoms with Gasteiger partial charge in [0.25, 0.3) is 5.82 Å². The number of nitrogens with one attached hydrogen (secondary N) is 1. The van der Waals surface area contributed by atoms with Crippen molar-refractivity contribution in [3.63, 3.8) is 0 Å². The van der Waals surface area contributed by atoms with E-state index in [-0.39, 0.29) is 10.9 Å². The molecule has 0 aromatic carbocycles. The molecule has 1 aromatic rings. The summed E-state index contributed by atoms with van der Waals surface area (Å²) in [5, 5.41) is 22.9. The summed E-state index contributed by atoms with van der Waals surface area (Å²) in [6, 6.07) is 0. The second-order valence-corrected chi connectivity index (χ2v) is 5.63. The highest BCUT2D eigenvalue weighted by Crippen LogP contribution is 2.47. The molecule has 1 saturated heterocycles. The minimum atomic E-state index is -1.74. The van der Waals surface area contributed by atoms with Gasteiger partial charge in [0.2, 0.25) is 12.6 Å². The van der Waals surface area contributed by atoms with Gasteiger partial charge >= 0.3 is 0 Å². The number of nitrogens with zero attached hydrogens (tertiary/aromatic N) is 4. The number of nitrogens with two attached hydrogens (primary N) is 2. The third-order valence-electron chi connectivity index (χ3n) is 4.17. The average molecular weight is 306 g/mol. The quantitative estimate of drug-likeness (QED) is 0.323. The predicted molar refractivity (Wildman–Crippen MR) is 77.4 cm³/mol. The van der Waals surface area contributed by atoms with Crippen LogP contribution in [-0.4, -0.2) is 50.8 Å². The summed E-state index contributed by atoms with van der Waals surface area (Å²) in [6.07, 6.45) is 3.49. The first-order valence-electron chi connectivity index (χ1n) is 6.77. The number of hydrogen-bond acceptors (Lipinski definition) is 9. The molecular formula is C12H16N7O3+. The molecule has 0 saturated carbocycles. The van der Waals surface area contributed by atoms with Gasteiger partial charge in [0.05, 0.1) is 12.6 Å². The molecule has 0 spiro atoms. The lowest BCUT2D eigenvalue weighted by Crippen LogP contribution is -2.55. The Kier molecular flexibility index (Phi) is 2.67. The Bertz CT molecular complexity index is 689. The van der Waals surface area contributed by atoms with Crippen LogP contribution in [0.5, 0.6) is 0 Å². The maximum absolute atomic E-state index is 10.3. The van der Waals surface area contributed by atoms with Gasteiger partial charge < -0.3 is 31.7 Å². The molecule has 5 atom stereocenters. The van der Waals surface area contributed by atoms with Crippen molar-refractivity contribution in [2.24, 2.45) is 16.5 Å². The number of rotatable bonds is 2. The van der Waals surface area contributed by atoms with Gasteiger partial charge in [-0.25, -0.2) is 4.98 Å². The van der Waals surface area contributed by atoms with Crippen molar-refractivity contribution >= 4 is 23.7 Å². The zero-order valence-electron chi connectivity index (χ0n) is 11.5. The molecule has 2 unspecified atom stereocenters. The molecule has 4 rings (SSSR count). The van der Waals surface area contributed by atoms with Crippen molar-refractivity contribution in [3.05, 3.63) is 18.7 Å². The molecule has 10 nitrogen and oxygen atoms in total. The number of quaternary nitrogens is 1. The first-order chi connectivity index (χ1) is 10.4. The second kappa shape index (κ2) is 4.29. The first kappa shape index (κ1) is 13.7. The lowest BCUT2D eigenvalue weighted by Gasteiger charge is -2.30. The topological polar surface area (TPSA) is 152 Å². The molecule has 22 heavy (non-hydrogen) atoms. The number of hydrogen-bond donors (Lipinski definition) is 5. The Hall–Kier alpha value is -1.95. The molecule has 1 aromatic heterocycles. The van der Waals surface area contributed by atoms with Gasteiger partial charge in [0.1, 0.15) is 24.9 Å². The molecule has 7 N–H and O–H groups in total. The van der Waals surface area contributed by atoms with E-state index in [1.54, 1.807) is 18.7 Å². The summed E-state index contributed by atoms with van der Waals surface area (Å²) < 4.78 is 5.76. The van der Waals surface area contributed by atoms with Crippen molar-refractivity contribution in [1.29, 1.82) is 0 Å². The smallest absolute Gasteiger partial charge is 0.272 e. The number of aliphatic hydroxyl groups is 2. The van der Waals surface area contributed by atoms with E-state index in [1.165, 1.54) is 6.33 Å². The van der Waals surface area contributed by atoms with E-state index in [1.807, 2.05) is 0 Å². The SMILES string of the molecule is NC(O)[C@H]1O[C@@H]([N+]23C=CNc4ncnc2c4N=C3)C[C@]1(N)O. The third kappa shape index (κ3) is 1.67. The maximum atomic E-state index is 10.3. The monoisotopic (exact) mass is 306 g/mol. The van der Waals surface area contributed by atoms with Gasteiger partial charge in [0, 0.05) is 0 Å². The molecule has 4 heterocycles. The molecule has 10 heteroatoms. The Morgan fingerprint density at radius 3 is 3.05 bits per heavy atom. The maximum Gasteiger partial charge on any atom is 0.272 e. The molecule has 0 amide bonds. The number of aliphatic imine (C=N–C) groups is 1. The van der Waals surface area contributed by atoms with Crippen LogP contribution in [0.4, 0.5) is 17.3 Å². The van der Waals surface area contributed by atoms with Gasteiger partial charge in [-0.1, -0.05) is 0 Å². The molecule has 4 bridgehead atoms. The second-order valence-electron chi connectivity index (χ2n) is 5.63. The molecule has 3 aliphatic rings. The Balaban J connectivity index is 1.79. The van der Waals surface area contributed by atoms with Crippen molar-refractivity contribution in [2.75, 3.05) is 5.32 Å². The number of ether oxygens (including phenoxy) is 1. The van der Waals surface area contributed by atoms with Gasteiger partial charge in [-0.3, -0.25) is 0 Å². The van der Waals surface area contributed by atoms with Crippen molar-refractivity contribution in [2.45, 2.75) is 30.7 Å². The van der Waals surface area contributed by atoms with Crippen LogP contribution in [0.2, 0.25) is 0 Å². The van der Waals surface area contributed by atoms with Crippen LogP contribution in [0.1, 0.15) is 6.42 Å². The van der Waals surface area contributed by atoms with Crippen molar-refractivity contribution in [3.8, 4) is 0 Å². The number of anilines is 1. The van der Waals surface area contributed by atoms with E-state index >= 15 is 0 Å². The van der Waals surface area contributed by atoms with Crippen LogP contribution in [0, 0.1) is 0 Å². The van der Waals surface area contributed by atoms with Crippen LogP contribution in [0.25, 0.3) is 0 Å². The van der Waals surface area contributed by atoms with E-state index in [0.29, 0.717) is 17.3 Å². The normalized spacial score (nSPS) is 39.6. The lowest BCUT2D eigenvalue weighted by molar-refractivity contribution is -0.112. The summed E-state index contributed by atoms with van der Waals surface area (Å²) in [4.78, 5) is 12.8. The lowest BCUT2D eigenvalue weighted by atomic mass is 10.0. The van der Waals surface area contributed by atoms with Crippen LogP contribution < -0.4 is 21.3 Å². The predicted octanol–water partition coefficient (Wildman–Crippen LogP) is -1.61. The van der Waals surface area contributed by atoms with E-state index in [9.17, 15) is 10.2 Å². The van der Waals surface area contributed by atoms with E-state index in [2.05, 4.69) is 20.3 Å². The fourth-order valence-corrected chi connectivity index (χ4v) is 3.10. The van der Waals surface area contributed by atoms with E-state index in [0.717, 1.165) is 0 Å². The molecule has 0 radical (unpaired) electrons. The Morgan fingerprint density at radius 2 is 2.32 bits per heavy atom. The van der Waals surface area contributed by atoms with Crippen molar-refractivity contribution < 1.29 is 14.9 Å². The molecule has 1 fully saturated rings. The number of aliphatic hydroxyl groups excluding tert-OH is 1. The highest BCUT2D eigenvalue weighted by molar-refractivity contribution is 5.93. The fraction of sp³-hybridized carbons (Fsp3) is 0.417. The minimum absolute atomic E-state index is 0.0145. The first-order valence-corrected chi connectivity index (χ1v) is 6.77. The Labute approximate surface area is 125 Å². The summed E-state index contributed by atoms with van der Waals surface area (Å²) >= 11 is 0. The fourth-order valence-electron chi connectivity index (χ4n) is 3.10.